The second-order valence-electron chi connectivity index (χ2n) is 6.48. The molecule has 0 saturated heterocycles. The number of rotatable bonds is 4. The van der Waals surface area contributed by atoms with E-state index in [0.29, 0.717) is 0 Å². The number of nitrogen functional groups attached to an aromatic ring is 2. The Hall–Kier alpha value is -4.60. The summed E-state index contributed by atoms with van der Waals surface area (Å²) in [5.41, 5.74) is 10.2. The van der Waals surface area contributed by atoms with Crippen molar-refractivity contribution in [1.82, 2.24) is 29.7 Å². The summed E-state index contributed by atoms with van der Waals surface area (Å²) in [4.78, 5) is 25.0. The van der Waals surface area contributed by atoms with Crippen molar-refractivity contribution < 1.29 is 8.78 Å². The van der Waals surface area contributed by atoms with Gasteiger partial charge in [0.15, 0.2) is 17.5 Å². The molecule has 11 nitrogen and oxygen atoms in total. The Morgan fingerprint density at radius 2 is 2.00 bits per heavy atom. The first-order valence-electron chi connectivity index (χ1n) is 8.81. The molecule has 3 aromatic heterocycles. The summed E-state index contributed by atoms with van der Waals surface area (Å²) in [5, 5.41) is 18.6. The van der Waals surface area contributed by atoms with E-state index in [1.165, 1.54) is 12.3 Å². The van der Waals surface area contributed by atoms with Crippen molar-refractivity contribution in [1.29, 1.82) is 5.26 Å². The van der Waals surface area contributed by atoms with Crippen LogP contribution in [-0.4, -0.2) is 29.7 Å². The fourth-order valence-corrected chi connectivity index (χ4v) is 3.09. The highest BCUT2D eigenvalue weighted by molar-refractivity contribution is 5.79. The Morgan fingerprint density at radius 3 is 2.68 bits per heavy atom. The largest absolute Gasteiger partial charge is 0.382 e. The molecular weight excluding hydrogens is 410 g/mol. The molecule has 0 spiro atoms. The third-order valence-electron chi connectivity index (χ3n) is 4.49. The van der Waals surface area contributed by atoms with Gasteiger partial charge in [0.25, 0.3) is 5.56 Å². The predicted molar refractivity (Wildman–Crippen MR) is 107 cm³/mol. The maximum Gasteiger partial charge on any atom is 0.267 e. The first-order chi connectivity index (χ1) is 14.8. The van der Waals surface area contributed by atoms with Crippen molar-refractivity contribution in [3.63, 3.8) is 0 Å². The van der Waals surface area contributed by atoms with Gasteiger partial charge in [0.2, 0.25) is 5.95 Å². The van der Waals surface area contributed by atoms with Crippen LogP contribution in [-0.2, 0) is 0 Å². The molecule has 31 heavy (non-hydrogen) atoms. The van der Waals surface area contributed by atoms with E-state index in [1.807, 2.05) is 6.07 Å². The van der Waals surface area contributed by atoms with Crippen LogP contribution >= 0.6 is 0 Å². The van der Waals surface area contributed by atoms with E-state index in [2.05, 4.69) is 30.5 Å². The topological polar surface area (TPSA) is 177 Å². The molecular formula is C18H14F2N10O. The second kappa shape index (κ2) is 7.34. The van der Waals surface area contributed by atoms with Crippen LogP contribution in [0.1, 0.15) is 24.4 Å². The standard InChI is InChI=1S/C18H14F2N10O/c1-7(25-15-9(6-21)14(22)27-18(23)28-15)16-26-13-8(2-3-10(19)12(13)20)17(31)30(16)11-4-5-24-29-11/h2-5,7H,1H3,(H,24,29)(H5,22,23,25,27,28)/t7-/m0/s1. The Balaban J connectivity index is 1.95. The van der Waals surface area contributed by atoms with E-state index < -0.39 is 28.8 Å². The molecule has 13 heteroatoms. The molecule has 0 aliphatic carbocycles. The molecule has 156 valence electrons. The number of fused-ring (bicyclic) bond motifs is 1. The lowest BCUT2D eigenvalue weighted by Crippen LogP contribution is -2.28. The summed E-state index contributed by atoms with van der Waals surface area (Å²) in [6.45, 7) is 1.58. The Kier molecular flexibility index (Phi) is 4.66. The molecule has 0 radical (unpaired) electrons. The first kappa shape index (κ1) is 19.7. The van der Waals surface area contributed by atoms with Crippen molar-refractivity contribution in [2.45, 2.75) is 13.0 Å². The zero-order chi connectivity index (χ0) is 22.3. The lowest BCUT2D eigenvalue weighted by Gasteiger charge is -2.20. The third kappa shape index (κ3) is 3.25. The highest BCUT2D eigenvalue weighted by atomic mass is 19.2. The molecule has 1 atom stereocenters. The van der Waals surface area contributed by atoms with Gasteiger partial charge >= 0.3 is 0 Å². The molecule has 0 aliphatic heterocycles. The van der Waals surface area contributed by atoms with Crippen LogP contribution < -0.4 is 22.3 Å². The number of aromatic amines is 1. The third-order valence-corrected chi connectivity index (χ3v) is 4.49. The number of nitrogens with two attached hydrogens (primary N) is 2. The number of aromatic nitrogens is 6. The molecule has 6 N–H and O–H groups in total. The summed E-state index contributed by atoms with van der Waals surface area (Å²) in [5.74, 6) is -2.50. The summed E-state index contributed by atoms with van der Waals surface area (Å²) in [7, 11) is 0. The van der Waals surface area contributed by atoms with Crippen molar-refractivity contribution in [2.24, 2.45) is 0 Å². The van der Waals surface area contributed by atoms with Crippen molar-refractivity contribution in [2.75, 3.05) is 16.8 Å². The quantitative estimate of drug-likeness (QED) is 0.377. The van der Waals surface area contributed by atoms with E-state index >= 15 is 0 Å². The minimum absolute atomic E-state index is 0.00843. The van der Waals surface area contributed by atoms with Gasteiger partial charge in [-0.15, -0.1) is 0 Å². The lowest BCUT2D eigenvalue weighted by molar-refractivity contribution is 0.514. The molecule has 0 fully saturated rings. The molecule has 3 heterocycles. The number of benzene rings is 1. The summed E-state index contributed by atoms with van der Waals surface area (Å²) in [6, 6.07) is 4.53. The maximum atomic E-state index is 14.4. The second-order valence-corrected chi connectivity index (χ2v) is 6.48. The molecule has 0 bridgehead atoms. The van der Waals surface area contributed by atoms with E-state index in [9.17, 15) is 18.8 Å². The number of nitrogens with zero attached hydrogens (tertiary/aromatic N) is 6. The number of H-pyrrole nitrogens is 1. The van der Waals surface area contributed by atoms with E-state index in [1.54, 1.807) is 6.92 Å². The minimum Gasteiger partial charge on any atom is -0.382 e. The van der Waals surface area contributed by atoms with Crippen LogP contribution in [0.4, 0.5) is 26.4 Å². The number of nitrogens with one attached hydrogen (secondary N) is 2. The molecule has 4 rings (SSSR count). The summed E-state index contributed by atoms with van der Waals surface area (Å²) >= 11 is 0. The average Bonchev–Trinajstić information content (AvgIpc) is 3.24. The fraction of sp³-hybridized carbons (Fsp3) is 0.111. The summed E-state index contributed by atoms with van der Waals surface area (Å²) < 4.78 is 29.4. The molecule has 0 unspecified atom stereocenters. The van der Waals surface area contributed by atoms with Gasteiger partial charge in [0.1, 0.15) is 34.6 Å². The van der Waals surface area contributed by atoms with Crippen LogP contribution in [0.3, 0.4) is 0 Å². The molecule has 0 saturated carbocycles. The number of hydrogen-bond acceptors (Lipinski definition) is 9. The average molecular weight is 424 g/mol. The number of nitriles is 1. The van der Waals surface area contributed by atoms with Gasteiger partial charge in [-0.2, -0.15) is 20.3 Å². The Morgan fingerprint density at radius 1 is 1.23 bits per heavy atom. The van der Waals surface area contributed by atoms with Gasteiger partial charge in [0.05, 0.1) is 17.6 Å². The fourth-order valence-electron chi connectivity index (χ4n) is 3.09. The predicted octanol–water partition coefficient (Wildman–Crippen LogP) is 1.39. The normalized spacial score (nSPS) is 11.9. The number of hydrogen-bond donors (Lipinski definition) is 4. The Labute approximate surface area is 172 Å². The van der Waals surface area contributed by atoms with Gasteiger partial charge in [-0.1, -0.05) is 0 Å². The van der Waals surface area contributed by atoms with Gasteiger partial charge < -0.3 is 16.8 Å². The van der Waals surface area contributed by atoms with Crippen molar-refractivity contribution in [3.05, 3.63) is 57.8 Å². The van der Waals surface area contributed by atoms with Gasteiger partial charge in [0, 0.05) is 6.07 Å². The lowest BCUT2D eigenvalue weighted by atomic mass is 10.2. The van der Waals surface area contributed by atoms with E-state index in [4.69, 9.17) is 11.5 Å². The number of halogens is 2. The van der Waals surface area contributed by atoms with Crippen LogP contribution in [0.25, 0.3) is 16.7 Å². The van der Waals surface area contributed by atoms with Crippen LogP contribution in [0.5, 0.6) is 0 Å². The SMILES string of the molecule is C[C@H](Nc1nc(N)nc(N)c1C#N)c1nc2c(F)c(F)ccc2c(=O)n1-c1ccn[nH]1. The van der Waals surface area contributed by atoms with Crippen molar-refractivity contribution in [3.8, 4) is 11.9 Å². The van der Waals surface area contributed by atoms with Crippen LogP contribution in [0.15, 0.2) is 29.2 Å². The monoisotopic (exact) mass is 424 g/mol. The number of anilines is 3. The molecule has 0 amide bonds. The zero-order valence-electron chi connectivity index (χ0n) is 15.9. The van der Waals surface area contributed by atoms with Crippen LogP contribution in [0.2, 0.25) is 0 Å². The smallest absolute Gasteiger partial charge is 0.267 e. The molecule has 0 aliphatic rings. The highest BCUT2D eigenvalue weighted by Gasteiger charge is 2.23. The van der Waals surface area contributed by atoms with Gasteiger partial charge in [-0.05, 0) is 19.1 Å². The highest BCUT2D eigenvalue weighted by Crippen LogP contribution is 2.25. The van der Waals surface area contributed by atoms with E-state index in [0.717, 1.165) is 16.7 Å². The first-order valence-corrected chi connectivity index (χ1v) is 8.81. The van der Waals surface area contributed by atoms with Crippen LogP contribution in [0, 0.1) is 23.0 Å². The van der Waals surface area contributed by atoms with Crippen molar-refractivity contribution >= 4 is 28.5 Å². The maximum absolute atomic E-state index is 14.4. The molecule has 4 aromatic rings. The van der Waals surface area contributed by atoms with Gasteiger partial charge in [-0.25, -0.2) is 18.3 Å². The molecule has 1 aromatic carbocycles. The van der Waals surface area contributed by atoms with Gasteiger partial charge in [-0.3, -0.25) is 9.89 Å². The minimum atomic E-state index is -1.26. The Bertz CT molecular complexity index is 1410. The zero-order valence-corrected chi connectivity index (χ0v) is 15.9. The van der Waals surface area contributed by atoms with E-state index in [-0.39, 0.29) is 40.2 Å². The summed E-state index contributed by atoms with van der Waals surface area (Å²) in [6.07, 6.45) is 1.42.